The zero-order valence-corrected chi connectivity index (χ0v) is 13.1. The molecule has 1 aliphatic rings. The van der Waals surface area contributed by atoms with Crippen molar-refractivity contribution in [3.05, 3.63) is 23.4 Å². The normalized spacial score (nSPS) is 17.4. The van der Waals surface area contributed by atoms with Gasteiger partial charge in [0.15, 0.2) is 0 Å². The lowest BCUT2D eigenvalue weighted by atomic mass is 10.1. The molecule has 2 N–H and O–H groups in total. The molecule has 0 saturated carbocycles. The van der Waals surface area contributed by atoms with Gasteiger partial charge in [-0.15, -0.1) is 0 Å². The van der Waals surface area contributed by atoms with Crippen molar-refractivity contribution in [1.82, 2.24) is 15.2 Å². The number of ether oxygens (including phenoxy) is 1. The number of aromatic nitrogens is 1. The van der Waals surface area contributed by atoms with Gasteiger partial charge in [0.2, 0.25) is 5.88 Å². The van der Waals surface area contributed by atoms with E-state index in [1.807, 2.05) is 7.05 Å². The summed E-state index contributed by atoms with van der Waals surface area (Å²) in [5, 5.41) is 11.6. The number of nitrogens with one attached hydrogen (secondary N) is 1. The minimum Gasteiger partial charge on any atom is -0.474 e. The molecule has 1 aromatic heterocycles. The monoisotopic (exact) mass is 333 g/mol. The number of nitrogens with zero attached hydrogens (tertiary/aromatic N) is 2. The second kappa shape index (κ2) is 7.94. The SMILES string of the molecule is CN1CCC(Oc2cc(CNCCO)cc(C(F)(F)F)n2)CC1. The quantitative estimate of drug-likeness (QED) is 0.776. The van der Waals surface area contributed by atoms with Crippen LogP contribution in [0.2, 0.25) is 0 Å². The summed E-state index contributed by atoms with van der Waals surface area (Å²) in [5.41, 5.74) is -0.521. The second-order valence-corrected chi connectivity index (χ2v) is 5.72. The summed E-state index contributed by atoms with van der Waals surface area (Å²) in [5.74, 6) is 0.00942. The lowest BCUT2D eigenvalue weighted by Gasteiger charge is -2.29. The Morgan fingerprint density at radius 2 is 2.04 bits per heavy atom. The number of piperidine rings is 1. The van der Waals surface area contributed by atoms with E-state index in [9.17, 15) is 13.2 Å². The second-order valence-electron chi connectivity index (χ2n) is 5.72. The Morgan fingerprint density at radius 3 is 2.65 bits per heavy atom. The molecular weight excluding hydrogens is 311 g/mol. The van der Waals surface area contributed by atoms with Crippen LogP contribution in [0.5, 0.6) is 5.88 Å². The maximum absolute atomic E-state index is 13.0. The molecule has 5 nitrogen and oxygen atoms in total. The van der Waals surface area contributed by atoms with Gasteiger partial charge in [-0.2, -0.15) is 13.2 Å². The van der Waals surface area contributed by atoms with E-state index in [0.29, 0.717) is 12.1 Å². The molecule has 23 heavy (non-hydrogen) atoms. The van der Waals surface area contributed by atoms with Gasteiger partial charge in [-0.1, -0.05) is 0 Å². The number of hydrogen-bond acceptors (Lipinski definition) is 5. The van der Waals surface area contributed by atoms with E-state index in [1.54, 1.807) is 0 Å². The van der Waals surface area contributed by atoms with Gasteiger partial charge in [0.05, 0.1) is 6.61 Å². The van der Waals surface area contributed by atoms with E-state index in [4.69, 9.17) is 9.84 Å². The summed E-state index contributed by atoms with van der Waals surface area (Å²) in [4.78, 5) is 5.76. The number of pyridine rings is 1. The highest BCUT2D eigenvalue weighted by Crippen LogP contribution is 2.30. The van der Waals surface area contributed by atoms with Crippen molar-refractivity contribution in [1.29, 1.82) is 0 Å². The van der Waals surface area contributed by atoms with Gasteiger partial charge in [-0.3, -0.25) is 0 Å². The van der Waals surface area contributed by atoms with Crippen LogP contribution in [-0.4, -0.2) is 54.4 Å². The van der Waals surface area contributed by atoms with E-state index < -0.39 is 11.9 Å². The van der Waals surface area contributed by atoms with Gasteiger partial charge in [-0.05, 0) is 31.5 Å². The first kappa shape index (κ1) is 18.0. The molecule has 8 heteroatoms. The lowest BCUT2D eigenvalue weighted by Crippen LogP contribution is -2.35. The van der Waals surface area contributed by atoms with Gasteiger partial charge < -0.3 is 20.1 Å². The maximum Gasteiger partial charge on any atom is 0.433 e. The van der Waals surface area contributed by atoms with Crippen molar-refractivity contribution in [2.24, 2.45) is 0 Å². The molecule has 2 rings (SSSR count). The van der Waals surface area contributed by atoms with Crippen molar-refractivity contribution < 1.29 is 23.0 Å². The highest BCUT2D eigenvalue weighted by Gasteiger charge is 2.33. The van der Waals surface area contributed by atoms with Crippen LogP contribution in [0.3, 0.4) is 0 Å². The first-order valence-electron chi connectivity index (χ1n) is 7.63. The third-order valence-corrected chi connectivity index (χ3v) is 3.72. The summed E-state index contributed by atoms with van der Waals surface area (Å²) in [6.45, 7) is 2.17. The molecule has 0 bridgehead atoms. The highest BCUT2D eigenvalue weighted by molar-refractivity contribution is 5.27. The van der Waals surface area contributed by atoms with Crippen molar-refractivity contribution in [2.45, 2.75) is 31.7 Å². The standard InChI is InChI=1S/C15H22F3N3O2/c1-21-5-2-12(3-6-21)23-14-9-11(10-19-4-7-22)8-13(20-14)15(16,17)18/h8-9,12,19,22H,2-7,10H2,1H3. The number of likely N-dealkylation sites (tertiary alicyclic amines) is 1. The molecule has 0 unspecified atom stereocenters. The van der Waals surface area contributed by atoms with Gasteiger partial charge >= 0.3 is 6.18 Å². The fourth-order valence-electron chi connectivity index (χ4n) is 2.45. The molecular formula is C15H22F3N3O2. The van der Waals surface area contributed by atoms with E-state index in [2.05, 4.69) is 15.2 Å². The molecule has 0 radical (unpaired) electrons. The van der Waals surface area contributed by atoms with E-state index >= 15 is 0 Å². The minimum atomic E-state index is -4.52. The van der Waals surface area contributed by atoms with Crippen LogP contribution in [0.1, 0.15) is 24.1 Å². The fraction of sp³-hybridized carbons (Fsp3) is 0.667. The Hall–Kier alpha value is -1.38. The zero-order chi connectivity index (χ0) is 16.9. The van der Waals surface area contributed by atoms with E-state index in [-0.39, 0.29) is 25.1 Å². The Bertz CT molecular complexity index is 503. The third kappa shape index (κ3) is 5.63. The smallest absolute Gasteiger partial charge is 0.433 e. The summed E-state index contributed by atoms with van der Waals surface area (Å²) in [6, 6.07) is 2.53. The van der Waals surface area contributed by atoms with Gasteiger partial charge in [0.1, 0.15) is 11.8 Å². The Balaban J connectivity index is 2.11. The first-order valence-corrected chi connectivity index (χ1v) is 7.63. The molecule has 0 aromatic carbocycles. The van der Waals surface area contributed by atoms with Crippen molar-refractivity contribution >= 4 is 0 Å². The molecule has 0 atom stereocenters. The van der Waals surface area contributed by atoms with Gasteiger partial charge in [0, 0.05) is 32.2 Å². The average molecular weight is 333 g/mol. The molecule has 1 aliphatic heterocycles. The first-order chi connectivity index (χ1) is 10.9. The zero-order valence-electron chi connectivity index (χ0n) is 13.1. The number of halogens is 3. The Labute approximate surface area is 133 Å². The van der Waals surface area contributed by atoms with Crippen LogP contribution in [0.25, 0.3) is 0 Å². The molecule has 0 amide bonds. The number of aliphatic hydroxyl groups excluding tert-OH is 1. The molecule has 2 heterocycles. The topological polar surface area (TPSA) is 57.6 Å². The molecule has 0 spiro atoms. The van der Waals surface area contributed by atoms with Gasteiger partial charge in [0.25, 0.3) is 0 Å². The van der Waals surface area contributed by atoms with Crippen molar-refractivity contribution in [3.8, 4) is 5.88 Å². The summed E-state index contributed by atoms with van der Waals surface area (Å²) < 4.78 is 44.6. The van der Waals surface area contributed by atoms with Crippen molar-refractivity contribution in [3.63, 3.8) is 0 Å². The number of alkyl halides is 3. The number of aliphatic hydroxyl groups is 1. The number of hydrogen-bond donors (Lipinski definition) is 2. The lowest BCUT2D eigenvalue weighted by molar-refractivity contribution is -0.141. The van der Waals surface area contributed by atoms with Crippen LogP contribution in [0.4, 0.5) is 13.2 Å². The Morgan fingerprint density at radius 1 is 1.35 bits per heavy atom. The molecule has 130 valence electrons. The van der Waals surface area contributed by atoms with Gasteiger partial charge in [-0.25, -0.2) is 4.98 Å². The van der Waals surface area contributed by atoms with Crippen LogP contribution in [-0.2, 0) is 12.7 Å². The summed E-state index contributed by atoms with van der Waals surface area (Å²) in [7, 11) is 2.00. The van der Waals surface area contributed by atoms with Crippen molar-refractivity contribution in [2.75, 3.05) is 33.3 Å². The molecule has 1 saturated heterocycles. The predicted molar refractivity (Wildman–Crippen MR) is 79.2 cm³/mol. The van der Waals surface area contributed by atoms with E-state index in [1.165, 1.54) is 6.07 Å². The minimum absolute atomic E-state index is 0.00942. The highest BCUT2D eigenvalue weighted by atomic mass is 19.4. The average Bonchev–Trinajstić information content (AvgIpc) is 2.49. The largest absolute Gasteiger partial charge is 0.474 e. The van der Waals surface area contributed by atoms with Crippen LogP contribution < -0.4 is 10.1 Å². The van der Waals surface area contributed by atoms with Crippen LogP contribution >= 0.6 is 0 Å². The Kier molecular flexibility index (Phi) is 6.20. The fourth-order valence-corrected chi connectivity index (χ4v) is 2.45. The molecule has 1 fully saturated rings. The molecule has 0 aliphatic carbocycles. The summed E-state index contributed by atoms with van der Waals surface area (Å²) >= 11 is 0. The maximum atomic E-state index is 13.0. The number of rotatable bonds is 6. The summed E-state index contributed by atoms with van der Waals surface area (Å²) in [6.07, 6.45) is -3.09. The van der Waals surface area contributed by atoms with Crippen LogP contribution in [0, 0.1) is 0 Å². The predicted octanol–water partition coefficient (Wildman–Crippen LogP) is 1.66. The van der Waals surface area contributed by atoms with E-state index in [0.717, 1.165) is 32.0 Å². The third-order valence-electron chi connectivity index (χ3n) is 3.72. The van der Waals surface area contributed by atoms with Crippen LogP contribution in [0.15, 0.2) is 12.1 Å². The molecule has 1 aromatic rings.